The summed E-state index contributed by atoms with van der Waals surface area (Å²) in [6.07, 6.45) is 1.62. The van der Waals surface area contributed by atoms with E-state index in [-0.39, 0.29) is 42.8 Å². The zero-order chi connectivity index (χ0) is 21.8. The van der Waals surface area contributed by atoms with Crippen molar-refractivity contribution in [2.45, 2.75) is 25.3 Å². The number of nitrogens with one attached hydrogen (secondary N) is 1. The van der Waals surface area contributed by atoms with Crippen molar-refractivity contribution in [3.63, 3.8) is 0 Å². The van der Waals surface area contributed by atoms with Crippen LogP contribution in [0.5, 0.6) is 0 Å². The molecule has 3 aromatic rings. The van der Waals surface area contributed by atoms with Gasteiger partial charge in [-0.25, -0.2) is 9.18 Å². The monoisotopic (exact) mass is 421 g/mol. The van der Waals surface area contributed by atoms with Crippen molar-refractivity contribution in [3.05, 3.63) is 64.8 Å². The number of aromatic nitrogens is 2. The molecule has 0 radical (unpaired) electrons. The maximum Gasteiger partial charge on any atom is 0.326 e. The molecule has 160 valence electrons. The van der Waals surface area contributed by atoms with E-state index in [1.807, 2.05) is 39.8 Å². The maximum absolute atomic E-state index is 14.3. The number of aromatic amines is 1. The molecule has 0 bridgehead atoms. The molecule has 2 aromatic carbocycles. The normalized spacial score (nSPS) is 15.1. The summed E-state index contributed by atoms with van der Waals surface area (Å²) < 4.78 is 16.1. The number of piperidine rings is 1. The molecular formula is C23H24FN5O2. The number of hydrogen-bond donors (Lipinski definition) is 1. The number of H-pyrrole nitrogens is 1. The van der Waals surface area contributed by atoms with Crippen LogP contribution in [-0.4, -0.2) is 46.5 Å². The second kappa shape index (κ2) is 9.14. The van der Waals surface area contributed by atoms with Crippen LogP contribution < -0.4 is 10.6 Å². The fraction of sp³-hybridized carbons (Fsp3) is 0.348. The molecule has 1 amide bonds. The molecule has 1 aliphatic heterocycles. The van der Waals surface area contributed by atoms with Gasteiger partial charge in [-0.3, -0.25) is 14.3 Å². The van der Waals surface area contributed by atoms with E-state index in [0.717, 1.165) is 23.9 Å². The van der Waals surface area contributed by atoms with E-state index in [9.17, 15) is 14.0 Å². The number of carbonyl (C=O) groups is 1. The number of amides is 1. The highest BCUT2D eigenvalue weighted by Crippen LogP contribution is 2.25. The fourth-order valence-electron chi connectivity index (χ4n) is 4.26. The molecule has 31 heavy (non-hydrogen) atoms. The average molecular weight is 421 g/mol. The smallest absolute Gasteiger partial charge is 0.308 e. The van der Waals surface area contributed by atoms with Crippen molar-refractivity contribution >= 4 is 22.6 Å². The molecule has 1 aliphatic rings. The van der Waals surface area contributed by atoms with Gasteiger partial charge < -0.3 is 9.88 Å². The number of imidazole rings is 1. The van der Waals surface area contributed by atoms with Crippen molar-refractivity contribution in [1.82, 2.24) is 14.5 Å². The zero-order valence-electron chi connectivity index (χ0n) is 17.1. The number of nitriles is 1. The minimum absolute atomic E-state index is 0.0660. The number of carbonyl (C=O) groups excluding carboxylic acids is 1. The molecule has 1 saturated heterocycles. The number of hydrogen-bond acceptors (Lipinski definition) is 4. The lowest BCUT2D eigenvalue weighted by Crippen LogP contribution is -2.45. The number of nitrogens with zero attached hydrogens (tertiary/aromatic N) is 4. The van der Waals surface area contributed by atoms with Crippen molar-refractivity contribution in [1.29, 1.82) is 5.26 Å². The first-order valence-corrected chi connectivity index (χ1v) is 10.4. The Morgan fingerprint density at radius 3 is 2.61 bits per heavy atom. The van der Waals surface area contributed by atoms with Gasteiger partial charge in [0.25, 0.3) is 0 Å². The number of para-hydroxylation sites is 3. The van der Waals surface area contributed by atoms with Gasteiger partial charge in [-0.15, -0.1) is 0 Å². The first-order chi connectivity index (χ1) is 15.1. The van der Waals surface area contributed by atoms with E-state index in [1.165, 1.54) is 11.0 Å². The van der Waals surface area contributed by atoms with E-state index in [2.05, 4.69) is 4.98 Å². The van der Waals surface area contributed by atoms with E-state index < -0.39 is 5.82 Å². The summed E-state index contributed by atoms with van der Waals surface area (Å²) in [5, 5.41) is 8.93. The van der Waals surface area contributed by atoms with Gasteiger partial charge in [0, 0.05) is 25.7 Å². The quantitative estimate of drug-likeness (QED) is 0.663. The summed E-state index contributed by atoms with van der Waals surface area (Å²) in [7, 11) is 0. The second-order valence-electron chi connectivity index (χ2n) is 7.73. The summed E-state index contributed by atoms with van der Waals surface area (Å²) in [6.45, 7) is 1.62. The van der Waals surface area contributed by atoms with Crippen molar-refractivity contribution in [3.8, 4) is 6.07 Å². The van der Waals surface area contributed by atoms with Gasteiger partial charge >= 0.3 is 5.69 Å². The third-order valence-electron chi connectivity index (χ3n) is 5.80. The molecular weight excluding hydrogens is 397 g/mol. The van der Waals surface area contributed by atoms with Crippen LogP contribution in [0.1, 0.15) is 25.3 Å². The molecule has 1 fully saturated rings. The van der Waals surface area contributed by atoms with Gasteiger partial charge in [-0.05, 0) is 37.1 Å². The second-order valence-corrected chi connectivity index (χ2v) is 7.73. The van der Waals surface area contributed by atoms with E-state index in [1.54, 1.807) is 18.2 Å². The minimum atomic E-state index is -0.480. The molecule has 4 rings (SSSR count). The average Bonchev–Trinajstić information content (AvgIpc) is 3.11. The Morgan fingerprint density at radius 1 is 1.16 bits per heavy atom. The Labute approximate surface area is 179 Å². The lowest BCUT2D eigenvalue weighted by atomic mass is 10.0. The van der Waals surface area contributed by atoms with Crippen LogP contribution in [0.25, 0.3) is 11.0 Å². The third kappa shape index (κ3) is 4.37. The Balaban J connectivity index is 1.43. The van der Waals surface area contributed by atoms with Crippen LogP contribution in [-0.2, 0) is 4.79 Å². The number of benzene rings is 2. The van der Waals surface area contributed by atoms with Crippen molar-refractivity contribution in [2.24, 2.45) is 0 Å². The van der Waals surface area contributed by atoms with E-state index in [0.29, 0.717) is 13.1 Å². The molecule has 0 spiro atoms. The predicted molar refractivity (Wildman–Crippen MR) is 116 cm³/mol. The lowest BCUT2D eigenvalue weighted by Gasteiger charge is -2.33. The summed E-state index contributed by atoms with van der Waals surface area (Å²) in [5.41, 5.74) is 1.80. The molecule has 8 heteroatoms. The molecule has 7 nitrogen and oxygen atoms in total. The highest BCUT2D eigenvalue weighted by molar-refractivity contribution is 5.95. The van der Waals surface area contributed by atoms with Crippen LogP contribution in [0, 0.1) is 17.1 Å². The fourth-order valence-corrected chi connectivity index (χ4v) is 4.26. The molecule has 2 heterocycles. The third-order valence-corrected chi connectivity index (χ3v) is 5.80. The SMILES string of the molecule is N#CCCN(C(=O)CN1CCC(n2c(=O)[nH]c3ccccc32)CC1)c1ccccc1F. The highest BCUT2D eigenvalue weighted by atomic mass is 19.1. The molecule has 0 aliphatic carbocycles. The Morgan fingerprint density at radius 2 is 1.87 bits per heavy atom. The highest BCUT2D eigenvalue weighted by Gasteiger charge is 2.27. The van der Waals surface area contributed by atoms with Gasteiger partial charge in [0.2, 0.25) is 5.91 Å². The van der Waals surface area contributed by atoms with Crippen LogP contribution >= 0.6 is 0 Å². The molecule has 1 aromatic heterocycles. The summed E-state index contributed by atoms with van der Waals surface area (Å²) in [5.74, 6) is -0.714. The van der Waals surface area contributed by atoms with Crippen molar-refractivity contribution < 1.29 is 9.18 Å². The van der Waals surface area contributed by atoms with Gasteiger partial charge in [0.15, 0.2) is 0 Å². The first kappa shape index (κ1) is 20.8. The lowest BCUT2D eigenvalue weighted by molar-refractivity contribution is -0.120. The number of fused-ring (bicyclic) bond motifs is 1. The van der Waals surface area contributed by atoms with Gasteiger partial charge in [-0.2, -0.15) is 5.26 Å². The van der Waals surface area contributed by atoms with Gasteiger partial charge in [0.1, 0.15) is 5.82 Å². The van der Waals surface area contributed by atoms with Crippen LogP contribution in [0.3, 0.4) is 0 Å². The van der Waals surface area contributed by atoms with Crippen LogP contribution in [0.2, 0.25) is 0 Å². The molecule has 0 unspecified atom stereocenters. The van der Waals surface area contributed by atoms with Gasteiger partial charge in [0.05, 0.1) is 35.8 Å². The topological polar surface area (TPSA) is 85.1 Å². The minimum Gasteiger partial charge on any atom is -0.308 e. The van der Waals surface area contributed by atoms with Crippen LogP contribution in [0.4, 0.5) is 10.1 Å². The van der Waals surface area contributed by atoms with E-state index in [4.69, 9.17) is 5.26 Å². The number of halogens is 1. The summed E-state index contributed by atoms with van der Waals surface area (Å²) >= 11 is 0. The maximum atomic E-state index is 14.3. The van der Waals surface area contributed by atoms with Crippen LogP contribution in [0.15, 0.2) is 53.3 Å². The first-order valence-electron chi connectivity index (χ1n) is 10.4. The van der Waals surface area contributed by atoms with Crippen molar-refractivity contribution in [2.75, 3.05) is 31.1 Å². The van der Waals surface area contributed by atoms with Gasteiger partial charge in [-0.1, -0.05) is 24.3 Å². The molecule has 0 saturated carbocycles. The Hall–Kier alpha value is -3.44. The summed E-state index contributed by atoms with van der Waals surface area (Å²) in [4.78, 5) is 31.7. The number of anilines is 1. The molecule has 1 N–H and O–H groups in total. The van der Waals surface area contributed by atoms with E-state index >= 15 is 0 Å². The largest absolute Gasteiger partial charge is 0.326 e. The summed E-state index contributed by atoms with van der Waals surface area (Å²) in [6, 6.07) is 15.8. The Kier molecular flexibility index (Phi) is 6.14. The zero-order valence-corrected chi connectivity index (χ0v) is 17.1. The number of rotatable bonds is 6. The number of likely N-dealkylation sites (tertiary alicyclic amines) is 1. The predicted octanol–water partition coefficient (Wildman–Crippen LogP) is 3.05. The Bertz CT molecular complexity index is 1170. The standard InChI is InChI=1S/C23H24FN5O2/c24-18-6-1-3-8-20(18)28(13-5-12-25)22(30)16-27-14-10-17(11-15-27)29-21-9-4-2-7-19(21)26-23(29)31/h1-4,6-9,17H,5,10-11,13-16H2,(H,26,31). The molecule has 0 atom stereocenters.